The van der Waals surface area contributed by atoms with Gasteiger partial charge < -0.3 is 0 Å². The van der Waals surface area contributed by atoms with Crippen LogP contribution in [0.5, 0.6) is 0 Å². The molecule has 0 aromatic heterocycles. The first kappa shape index (κ1) is 10.8. The molecular formula is C16H19N. The Morgan fingerprint density at radius 2 is 1.76 bits per heavy atom. The number of nitrogens with zero attached hydrogens (tertiary/aromatic N) is 1. The maximum Gasteiger partial charge on any atom is 0.0825 e. The summed E-state index contributed by atoms with van der Waals surface area (Å²) in [5.41, 5.74) is 4.25. The molecule has 0 bridgehead atoms. The zero-order valence-corrected chi connectivity index (χ0v) is 10.3. The van der Waals surface area contributed by atoms with E-state index in [1.54, 1.807) is 0 Å². The van der Waals surface area contributed by atoms with Gasteiger partial charge in [-0.2, -0.15) is 5.26 Å². The van der Waals surface area contributed by atoms with E-state index in [-0.39, 0.29) is 5.41 Å². The predicted molar refractivity (Wildman–Crippen MR) is 68.8 cm³/mol. The second-order valence-electron chi connectivity index (χ2n) is 5.55. The van der Waals surface area contributed by atoms with E-state index in [1.807, 2.05) is 0 Å². The van der Waals surface area contributed by atoms with Gasteiger partial charge in [-0.1, -0.05) is 31.0 Å². The van der Waals surface area contributed by atoms with Crippen LogP contribution in [0, 0.1) is 11.3 Å². The molecule has 0 heterocycles. The Bertz CT molecular complexity index is 461. The van der Waals surface area contributed by atoms with Gasteiger partial charge in [-0.15, -0.1) is 0 Å². The van der Waals surface area contributed by atoms with Crippen molar-refractivity contribution in [3.8, 4) is 6.07 Å². The van der Waals surface area contributed by atoms with E-state index in [2.05, 4.69) is 24.3 Å². The van der Waals surface area contributed by atoms with Crippen molar-refractivity contribution in [2.24, 2.45) is 0 Å². The van der Waals surface area contributed by atoms with Crippen LogP contribution < -0.4 is 0 Å². The van der Waals surface area contributed by atoms with Gasteiger partial charge in [0.25, 0.3) is 0 Å². The lowest BCUT2D eigenvalue weighted by atomic mass is 9.74. The third-order valence-corrected chi connectivity index (χ3v) is 4.58. The van der Waals surface area contributed by atoms with Gasteiger partial charge in [0.05, 0.1) is 11.5 Å². The Morgan fingerprint density at radius 3 is 2.53 bits per heavy atom. The zero-order valence-electron chi connectivity index (χ0n) is 10.3. The second kappa shape index (κ2) is 4.18. The van der Waals surface area contributed by atoms with Crippen LogP contribution in [0.25, 0.3) is 0 Å². The van der Waals surface area contributed by atoms with Gasteiger partial charge >= 0.3 is 0 Å². The lowest BCUT2D eigenvalue weighted by molar-refractivity contribution is 0.555. The van der Waals surface area contributed by atoms with E-state index >= 15 is 0 Å². The molecular weight excluding hydrogens is 206 g/mol. The molecule has 0 unspecified atom stereocenters. The maximum atomic E-state index is 9.62. The Morgan fingerprint density at radius 1 is 1.00 bits per heavy atom. The first-order valence-electron chi connectivity index (χ1n) is 6.88. The fourth-order valence-electron chi connectivity index (χ4n) is 3.65. The third kappa shape index (κ3) is 1.67. The molecule has 1 aromatic rings. The summed E-state index contributed by atoms with van der Waals surface area (Å²) in [5.74, 6) is 0. The van der Waals surface area contributed by atoms with Crippen molar-refractivity contribution in [1.82, 2.24) is 0 Å². The molecule has 2 aliphatic rings. The van der Waals surface area contributed by atoms with Crippen molar-refractivity contribution in [3.63, 3.8) is 0 Å². The highest BCUT2D eigenvalue weighted by Crippen LogP contribution is 2.43. The van der Waals surface area contributed by atoms with Gasteiger partial charge in [0.15, 0.2) is 0 Å². The summed E-state index contributed by atoms with van der Waals surface area (Å²) < 4.78 is 0. The summed E-state index contributed by atoms with van der Waals surface area (Å²) >= 11 is 0. The average Bonchev–Trinajstić information content (AvgIpc) is 2.88. The Hall–Kier alpha value is -1.29. The minimum Gasteiger partial charge on any atom is -0.197 e. The molecule has 2 aliphatic carbocycles. The van der Waals surface area contributed by atoms with Crippen LogP contribution in [-0.4, -0.2) is 0 Å². The van der Waals surface area contributed by atoms with Crippen molar-refractivity contribution >= 4 is 0 Å². The molecule has 0 N–H and O–H groups in total. The van der Waals surface area contributed by atoms with E-state index in [4.69, 9.17) is 0 Å². The van der Waals surface area contributed by atoms with Crippen molar-refractivity contribution in [2.45, 2.75) is 56.8 Å². The number of fused-ring (bicyclic) bond motifs is 1. The first-order chi connectivity index (χ1) is 8.36. The molecule has 0 spiro atoms. The molecule has 17 heavy (non-hydrogen) atoms. The fraction of sp³-hybridized carbons (Fsp3) is 0.562. The number of nitriles is 1. The number of aryl methyl sites for hydroxylation is 1. The summed E-state index contributed by atoms with van der Waals surface area (Å²) in [7, 11) is 0. The van der Waals surface area contributed by atoms with Crippen molar-refractivity contribution in [2.75, 3.05) is 0 Å². The molecule has 0 saturated heterocycles. The van der Waals surface area contributed by atoms with E-state index in [0.29, 0.717) is 0 Å². The lowest BCUT2D eigenvalue weighted by Gasteiger charge is -2.28. The quantitative estimate of drug-likeness (QED) is 0.711. The van der Waals surface area contributed by atoms with Crippen LogP contribution >= 0.6 is 0 Å². The average molecular weight is 225 g/mol. The first-order valence-corrected chi connectivity index (χ1v) is 6.88. The Labute approximate surface area is 103 Å². The summed E-state index contributed by atoms with van der Waals surface area (Å²) in [4.78, 5) is 0. The van der Waals surface area contributed by atoms with E-state index in [9.17, 15) is 5.26 Å². The fourth-order valence-corrected chi connectivity index (χ4v) is 3.65. The van der Waals surface area contributed by atoms with E-state index in [0.717, 1.165) is 12.8 Å². The van der Waals surface area contributed by atoms with Crippen molar-refractivity contribution in [1.29, 1.82) is 5.26 Å². The number of hydrogen-bond acceptors (Lipinski definition) is 1. The third-order valence-electron chi connectivity index (χ3n) is 4.58. The monoisotopic (exact) mass is 225 g/mol. The molecule has 1 fully saturated rings. The maximum absolute atomic E-state index is 9.62. The molecule has 0 atom stereocenters. The minimum atomic E-state index is -0.150. The standard InChI is InChI=1S/C16H19N/c17-12-16(10-3-4-11-16)15-9-5-7-13-6-1-2-8-14(13)15/h5,7,9H,1-4,6,8,10-11H2. The van der Waals surface area contributed by atoms with Gasteiger partial charge in [-0.3, -0.25) is 0 Å². The molecule has 0 amide bonds. The van der Waals surface area contributed by atoms with Crippen molar-refractivity contribution < 1.29 is 0 Å². The normalized spacial score (nSPS) is 21.8. The second-order valence-corrected chi connectivity index (χ2v) is 5.55. The largest absolute Gasteiger partial charge is 0.197 e. The Kier molecular flexibility index (Phi) is 2.67. The topological polar surface area (TPSA) is 23.8 Å². The SMILES string of the molecule is N#CC1(c2cccc3c2CCCC3)CCCC1. The highest BCUT2D eigenvalue weighted by atomic mass is 14.4. The number of benzene rings is 1. The minimum absolute atomic E-state index is 0.150. The van der Waals surface area contributed by atoms with Gasteiger partial charge in [0.2, 0.25) is 0 Å². The van der Waals surface area contributed by atoms with Gasteiger partial charge in [0, 0.05) is 0 Å². The van der Waals surface area contributed by atoms with Crippen LogP contribution in [0.15, 0.2) is 18.2 Å². The predicted octanol–water partition coefficient (Wildman–Crippen LogP) is 3.90. The highest BCUT2D eigenvalue weighted by Gasteiger charge is 2.37. The summed E-state index contributed by atoms with van der Waals surface area (Å²) in [6.45, 7) is 0. The van der Waals surface area contributed by atoms with Crippen LogP contribution in [0.1, 0.15) is 55.2 Å². The van der Waals surface area contributed by atoms with Gasteiger partial charge in [0.1, 0.15) is 0 Å². The van der Waals surface area contributed by atoms with Crippen LogP contribution in [0.4, 0.5) is 0 Å². The van der Waals surface area contributed by atoms with Crippen molar-refractivity contribution in [3.05, 3.63) is 34.9 Å². The zero-order chi connectivity index (χ0) is 11.7. The summed E-state index contributed by atoms with van der Waals surface area (Å²) in [5, 5.41) is 9.62. The Balaban J connectivity index is 2.11. The van der Waals surface area contributed by atoms with Crippen LogP contribution in [-0.2, 0) is 18.3 Å². The highest BCUT2D eigenvalue weighted by molar-refractivity contribution is 5.45. The number of rotatable bonds is 1. The number of hydrogen-bond donors (Lipinski definition) is 0. The smallest absolute Gasteiger partial charge is 0.0825 e. The summed E-state index contributed by atoms with van der Waals surface area (Å²) in [6.07, 6.45) is 9.59. The molecule has 1 saturated carbocycles. The molecule has 0 aliphatic heterocycles. The van der Waals surface area contributed by atoms with Crippen LogP contribution in [0.3, 0.4) is 0 Å². The molecule has 0 radical (unpaired) electrons. The molecule has 3 rings (SSSR count). The molecule has 88 valence electrons. The molecule has 1 heteroatoms. The summed E-state index contributed by atoms with van der Waals surface area (Å²) in [6, 6.07) is 9.29. The van der Waals surface area contributed by atoms with Gasteiger partial charge in [-0.05, 0) is 55.2 Å². The molecule has 1 aromatic carbocycles. The van der Waals surface area contributed by atoms with E-state index < -0.39 is 0 Å². The van der Waals surface area contributed by atoms with Crippen LogP contribution in [0.2, 0.25) is 0 Å². The van der Waals surface area contributed by atoms with E-state index in [1.165, 1.54) is 55.2 Å². The lowest BCUT2D eigenvalue weighted by Crippen LogP contribution is -2.23. The molecule has 1 nitrogen and oxygen atoms in total. The van der Waals surface area contributed by atoms with Gasteiger partial charge in [-0.25, -0.2) is 0 Å².